The first-order valence-corrected chi connectivity index (χ1v) is 8.18. The normalized spacial score (nSPS) is 25.7. The van der Waals surface area contributed by atoms with E-state index in [4.69, 9.17) is 0 Å². The minimum Gasteiger partial charge on any atom is -0.316 e. The van der Waals surface area contributed by atoms with Gasteiger partial charge >= 0.3 is 0 Å². The molecule has 2 atom stereocenters. The maximum absolute atomic E-state index is 3.61. The Morgan fingerprint density at radius 3 is 2.44 bits per heavy atom. The van der Waals surface area contributed by atoms with Gasteiger partial charge in [-0.25, -0.2) is 0 Å². The maximum Gasteiger partial charge on any atom is -0.00258 e. The molecule has 1 rings (SSSR count). The molecule has 18 heavy (non-hydrogen) atoms. The molecule has 1 N–H and O–H groups in total. The molecule has 0 bridgehead atoms. The highest BCUT2D eigenvalue weighted by atomic mass is 14.9. The van der Waals surface area contributed by atoms with Gasteiger partial charge in [-0.1, -0.05) is 60.3 Å². The van der Waals surface area contributed by atoms with Gasteiger partial charge in [0.05, 0.1) is 0 Å². The Kier molecular flexibility index (Phi) is 6.70. The van der Waals surface area contributed by atoms with Crippen molar-refractivity contribution in [3.63, 3.8) is 0 Å². The van der Waals surface area contributed by atoms with E-state index in [2.05, 4.69) is 39.9 Å². The lowest BCUT2D eigenvalue weighted by Crippen LogP contribution is -2.35. The van der Waals surface area contributed by atoms with Crippen molar-refractivity contribution in [2.75, 3.05) is 13.1 Å². The zero-order valence-electron chi connectivity index (χ0n) is 13.4. The summed E-state index contributed by atoms with van der Waals surface area (Å²) < 4.78 is 0. The van der Waals surface area contributed by atoms with Gasteiger partial charge in [0.1, 0.15) is 0 Å². The molecule has 0 amide bonds. The molecule has 1 nitrogen and oxygen atoms in total. The van der Waals surface area contributed by atoms with Crippen LogP contribution in [0, 0.1) is 23.2 Å². The summed E-state index contributed by atoms with van der Waals surface area (Å²) in [5, 5.41) is 3.61. The van der Waals surface area contributed by atoms with Crippen molar-refractivity contribution in [3.8, 4) is 0 Å². The largest absolute Gasteiger partial charge is 0.316 e. The van der Waals surface area contributed by atoms with Gasteiger partial charge in [0, 0.05) is 0 Å². The Morgan fingerprint density at radius 1 is 1.17 bits per heavy atom. The second-order valence-electron chi connectivity index (χ2n) is 7.40. The molecular weight excluding hydrogens is 218 g/mol. The van der Waals surface area contributed by atoms with Crippen molar-refractivity contribution < 1.29 is 0 Å². The fraction of sp³-hybridized carbons (Fsp3) is 1.00. The molecule has 0 aromatic rings. The zero-order valence-corrected chi connectivity index (χ0v) is 13.4. The third-order valence-electron chi connectivity index (χ3n) is 4.94. The first kappa shape index (κ1) is 16.0. The van der Waals surface area contributed by atoms with Gasteiger partial charge in [-0.2, -0.15) is 0 Å². The molecule has 1 saturated carbocycles. The van der Waals surface area contributed by atoms with Crippen LogP contribution in [0.15, 0.2) is 0 Å². The average Bonchev–Trinajstić information content (AvgIpc) is 2.34. The summed E-state index contributed by atoms with van der Waals surface area (Å²) in [6.07, 6.45) is 8.59. The van der Waals surface area contributed by atoms with Crippen LogP contribution in [-0.2, 0) is 0 Å². The Balaban J connectivity index is 2.40. The van der Waals surface area contributed by atoms with Crippen molar-refractivity contribution in [2.45, 2.75) is 73.1 Å². The molecule has 0 aromatic heterocycles. The molecule has 1 aliphatic rings. The maximum atomic E-state index is 3.61. The molecule has 0 spiro atoms. The van der Waals surface area contributed by atoms with E-state index in [0.717, 1.165) is 24.3 Å². The van der Waals surface area contributed by atoms with Crippen molar-refractivity contribution in [1.82, 2.24) is 5.32 Å². The van der Waals surface area contributed by atoms with Crippen LogP contribution in [0.5, 0.6) is 0 Å². The van der Waals surface area contributed by atoms with E-state index in [0.29, 0.717) is 5.41 Å². The standard InChI is InChI=1S/C17H35N/c1-6-15-9-7-8-10-16(15)17(4,5)11-12-18-13-14(2)3/h14-16,18H,6-13H2,1-5H3. The Labute approximate surface area is 115 Å². The SMILES string of the molecule is CCC1CCCCC1C(C)(C)CCNCC(C)C. The van der Waals surface area contributed by atoms with Crippen LogP contribution in [0.3, 0.4) is 0 Å². The monoisotopic (exact) mass is 253 g/mol. The first-order chi connectivity index (χ1) is 8.47. The average molecular weight is 253 g/mol. The zero-order chi connectivity index (χ0) is 13.6. The predicted molar refractivity (Wildman–Crippen MR) is 81.8 cm³/mol. The summed E-state index contributed by atoms with van der Waals surface area (Å²) >= 11 is 0. The van der Waals surface area contributed by atoms with Crippen LogP contribution in [0.4, 0.5) is 0 Å². The summed E-state index contributed by atoms with van der Waals surface area (Å²) in [4.78, 5) is 0. The number of hydrogen-bond acceptors (Lipinski definition) is 1. The molecule has 1 fully saturated rings. The van der Waals surface area contributed by atoms with Crippen LogP contribution >= 0.6 is 0 Å². The van der Waals surface area contributed by atoms with Gasteiger partial charge in [0.25, 0.3) is 0 Å². The summed E-state index contributed by atoms with van der Waals surface area (Å²) in [6.45, 7) is 14.3. The van der Waals surface area contributed by atoms with E-state index in [1.807, 2.05) is 0 Å². The Morgan fingerprint density at radius 2 is 1.83 bits per heavy atom. The fourth-order valence-electron chi connectivity index (χ4n) is 3.71. The van der Waals surface area contributed by atoms with Crippen LogP contribution in [0.25, 0.3) is 0 Å². The Hall–Kier alpha value is -0.0400. The summed E-state index contributed by atoms with van der Waals surface area (Å²) in [6, 6.07) is 0. The van der Waals surface area contributed by atoms with Gasteiger partial charge in [0.2, 0.25) is 0 Å². The quantitative estimate of drug-likeness (QED) is 0.639. The van der Waals surface area contributed by atoms with Crippen LogP contribution < -0.4 is 5.32 Å². The number of nitrogens with one attached hydrogen (secondary N) is 1. The molecule has 0 aliphatic heterocycles. The molecule has 0 aromatic carbocycles. The molecule has 1 aliphatic carbocycles. The lowest BCUT2D eigenvalue weighted by atomic mass is 9.63. The topological polar surface area (TPSA) is 12.0 Å². The first-order valence-electron chi connectivity index (χ1n) is 8.18. The fourth-order valence-corrected chi connectivity index (χ4v) is 3.71. The van der Waals surface area contributed by atoms with Crippen molar-refractivity contribution in [2.24, 2.45) is 23.2 Å². The Bertz CT molecular complexity index is 220. The molecule has 0 radical (unpaired) electrons. The minimum absolute atomic E-state index is 0.519. The van der Waals surface area contributed by atoms with Gasteiger partial charge in [0.15, 0.2) is 0 Å². The van der Waals surface area contributed by atoms with E-state index in [1.54, 1.807) is 0 Å². The molecule has 0 heterocycles. The summed E-state index contributed by atoms with van der Waals surface area (Å²) in [7, 11) is 0. The van der Waals surface area contributed by atoms with Gasteiger partial charge in [-0.15, -0.1) is 0 Å². The van der Waals surface area contributed by atoms with E-state index in [1.165, 1.54) is 45.1 Å². The highest BCUT2D eigenvalue weighted by Crippen LogP contribution is 2.45. The highest BCUT2D eigenvalue weighted by molar-refractivity contribution is 4.86. The second-order valence-corrected chi connectivity index (χ2v) is 7.40. The minimum atomic E-state index is 0.519. The molecule has 108 valence electrons. The second kappa shape index (κ2) is 7.53. The van der Waals surface area contributed by atoms with Crippen LogP contribution in [0.2, 0.25) is 0 Å². The van der Waals surface area contributed by atoms with Gasteiger partial charge in [-0.3, -0.25) is 0 Å². The number of rotatable bonds is 7. The van der Waals surface area contributed by atoms with E-state index in [9.17, 15) is 0 Å². The van der Waals surface area contributed by atoms with E-state index < -0.39 is 0 Å². The van der Waals surface area contributed by atoms with Crippen molar-refractivity contribution in [1.29, 1.82) is 0 Å². The van der Waals surface area contributed by atoms with Crippen molar-refractivity contribution in [3.05, 3.63) is 0 Å². The van der Waals surface area contributed by atoms with E-state index in [-0.39, 0.29) is 0 Å². The predicted octanol–water partition coefficient (Wildman–Crippen LogP) is 4.86. The summed E-state index contributed by atoms with van der Waals surface area (Å²) in [5.41, 5.74) is 0.519. The van der Waals surface area contributed by atoms with Crippen LogP contribution in [0.1, 0.15) is 73.1 Å². The lowest BCUT2D eigenvalue weighted by Gasteiger charge is -2.42. The molecule has 2 unspecified atom stereocenters. The van der Waals surface area contributed by atoms with E-state index >= 15 is 0 Å². The third-order valence-corrected chi connectivity index (χ3v) is 4.94. The summed E-state index contributed by atoms with van der Waals surface area (Å²) in [5.74, 6) is 2.71. The third kappa shape index (κ3) is 4.91. The molecule has 1 heteroatoms. The number of hydrogen-bond donors (Lipinski definition) is 1. The van der Waals surface area contributed by atoms with Crippen LogP contribution in [-0.4, -0.2) is 13.1 Å². The molecular formula is C17H35N. The van der Waals surface area contributed by atoms with Gasteiger partial charge < -0.3 is 5.32 Å². The highest BCUT2D eigenvalue weighted by Gasteiger charge is 2.35. The molecule has 0 saturated heterocycles. The van der Waals surface area contributed by atoms with Gasteiger partial charge in [-0.05, 0) is 49.1 Å². The lowest BCUT2D eigenvalue weighted by molar-refractivity contribution is 0.0814. The smallest absolute Gasteiger partial charge is 0.00258 e. The van der Waals surface area contributed by atoms with Crippen molar-refractivity contribution >= 4 is 0 Å².